The molecule has 0 aliphatic heterocycles. The molecule has 0 radical (unpaired) electrons. The van der Waals surface area contributed by atoms with E-state index in [-0.39, 0.29) is 0 Å². The van der Waals surface area contributed by atoms with Gasteiger partial charge in [-0.2, -0.15) is 11.8 Å². The Balaban J connectivity index is 2.37. The third-order valence-corrected chi connectivity index (χ3v) is 4.33. The molecule has 82 valence electrons. The van der Waals surface area contributed by atoms with Crippen LogP contribution in [0.3, 0.4) is 0 Å². The van der Waals surface area contributed by atoms with Crippen LogP contribution in [0, 0.1) is 5.92 Å². The quantitative estimate of drug-likeness (QED) is 0.752. The van der Waals surface area contributed by atoms with Gasteiger partial charge in [0.25, 0.3) is 0 Å². The number of aliphatic carboxylic acids is 1. The van der Waals surface area contributed by atoms with E-state index in [0.29, 0.717) is 24.0 Å². The fraction of sp³-hybridized carbons (Fsp3) is 0.900. The lowest BCUT2D eigenvalue weighted by Crippen LogP contribution is -2.45. The smallest absolute Gasteiger partial charge is 0.323 e. The van der Waals surface area contributed by atoms with Crippen LogP contribution < -0.4 is 5.73 Å². The van der Waals surface area contributed by atoms with Crippen molar-refractivity contribution in [1.82, 2.24) is 0 Å². The minimum atomic E-state index is -0.950. The molecule has 1 saturated carbocycles. The summed E-state index contributed by atoms with van der Waals surface area (Å²) in [5.41, 5.74) is 4.84. The molecule has 1 fully saturated rings. The third-order valence-electron chi connectivity index (χ3n) is 2.60. The van der Waals surface area contributed by atoms with E-state index in [2.05, 4.69) is 13.8 Å². The van der Waals surface area contributed by atoms with Gasteiger partial charge in [-0.15, -0.1) is 0 Å². The van der Waals surface area contributed by atoms with Crippen LogP contribution in [0.4, 0.5) is 0 Å². The number of rotatable bonds is 4. The molecule has 4 heteroatoms. The Morgan fingerprint density at radius 1 is 1.71 bits per heavy atom. The van der Waals surface area contributed by atoms with Crippen LogP contribution in [0.2, 0.25) is 0 Å². The summed E-state index contributed by atoms with van der Waals surface area (Å²) < 4.78 is 0. The van der Waals surface area contributed by atoms with Crippen molar-refractivity contribution >= 4 is 17.7 Å². The highest BCUT2D eigenvalue weighted by Gasteiger charge is 2.42. The summed E-state index contributed by atoms with van der Waals surface area (Å²) in [6, 6.07) is 0. The second kappa shape index (κ2) is 4.53. The number of thioether (sulfide) groups is 1. The Morgan fingerprint density at radius 2 is 2.36 bits per heavy atom. The lowest BCUT2D eigenvalue weighted by molar-refractivity contribution is -0.143. The first-order valence-electron chi connectivity index (χ1n) is 5.08. The molecule has 2 unspecified atom stereocenters. The lowest BCUT2D eigenvalue weighted by Gasteiger charge is -2.18. The van der Waals surface area contributed by atoms with Gasteiger partial charge in [-0.1, -0.05) is 13.8 Å². The average Bonchev–Trinajstić information content (AvgIpc) is 2.45. The maximum atomic E-state index is 10.9. The van der Waals surface area contributed by atoms with E-state index in [1.54, 1.807) is 0 Å². The van der Waals surface area contributed by atoms with Gasteiger partial charge in [-0.3, -0.25) is 4.79 Å². The number of carboxylic acids is 1. The first-order valence-corrected chi connectivity index (χ1v) is 6.13. The topological polar surface area (TPSA) is 63.3 Å². The van der Waals surface area contributed by atoms with E-state index in [1.807, 2.05) is 11.8 Å². The van der Waals surface area contributed by atoms with Crippen LogP contribution in [0.5, 0.6) is 0 Å². The average molecular weight is 217 g/mol. The molecule has 0 heterocycles. The van der Waals surface area contributed by atoms with Crippen molar-refractivity contribution in [1.29, 1.82) is 0 Å². The van der Waals surface area contributed by atoms with Crippen molar-refractivity contribution in [2.45, 2.75) is 43.9 Å². The van der Waals surface area contributed by atoms with E-state index >= 15 is 0 Å². The maximum absolute atomic E-state index is 10.9. The molecule has 0 saturated heterocycles. The molecule has 3 nitrogen and oxygen atoms in total. The highest BCUT2D eigenvalue weighted by atomic mass is 32.2. The molecule has 2 atom stereocenters. The van der Waals surface area contributed by atoms with Crippen LogP contribution in [0.1, 0.15) is 33.1 Å². The highest BCUT2D eigenvalue weighted by molar-refractivity contribution is 7.99. The first kappa shape index (κ1) is 11.9. The Bertz CT molecular complexity index is 220. The van der Waals surface area contributed by atoms with Gasteiger partial charge in [0.15, 0.2) is 0 Å². The van der Waals surface area contributed by atoms with Crippen molar-refractivity contribution in [3.8, 4) is 0 Å². The van der Waals surface area contributed by atoms with Gasteiger partial charge < -0.3 is 10.8 Å². The summed E-state index contributed by atoms with van der Waals surface area (Å²) in [4.78, 5) is 10.9. The predicted molar refractivity (Wildman–Crippen MR) is 59.5 cm³/mol. The molecular weight excluding hydrogens is 198 g/mol. The maximum Gasteiger partial charge on any atom is 0.323 e. The number of carbonyl (C=O) groups is 1. The Hall–Kier alpha value is -0.220. The van der Waals surface area contributed by atoms with E-state index in [0.717, 1.165) is 12.2 Å². The fourth-order valence-corrected chi connectivity index (χ4v) is 3.05. The largest absolute Gasteiger partial charge is 0.480 e. The van der Waals surface area contributed by atoms with Gasteiger partial charge in [0, 0.05) is 5.25 Å². The molecule has 0 spiro atoms. The molecule has 14 heavy (non-hydrogen) atoms. The van der Waals surface area contributed by atoms with Gasteiger partial charge in [0.1, 0.15) is 5.54 Å². The van der Waals surface area contributed by atoms with Gasteiger partial charge in [0.2, 0.25) is 0 Å². The zero-order valence-corrected chi connectivity index (χ0v) is 9.64. The fourth-order valence-electron chi connectivity index (χ4n) is 1.69. The van der Waals surface area contributed by atoms with E-state index < -0.39 is 11.5 Å². The molecule has 0 amide bonds. The Labute approximate surface area is 89.4 Å². The van der Waals surface area contributed by atoms with Crippen molar-refractivity contribution in [3.05, 3.63) is 0 Å². The number of hydrogen-bond donors (Lipinski definition) is 2. The van der Waals surface area contributed by atoms with E-state index in [9.17, 15) is 4.79 Å². The van der Waals surface area contributed by atoms with Crippen molar-refractivity contribution in [2.24, 2.45) is 11.7 Å². The highest BCUT2D eigenvalue weighted by Crippen LogP contribution is 2.36. The zero-order chi connectivity index (χ0) is 10.8. The molecule has 0 aromatic rings. The van der Waals surface area contributed by atoms with Crippen LogP contribution in [-0.2, 0) is 4.79 Å². The van der Waals surface area contributed by atoms with Crippen LogP contribution in [0.15, 0.2) is 0 Å². The van der Waals surface area contributed by atoms with Gasteiger partial charge in [-0.05, 0) is 30.9 Å². The van der Waals surface area contributed by atoms with Gasteiger partial charge in [-0.25, -0.2) is 0 Å². The normalized spacial score (nSPS) is 32.4. The minimum absolute atomic E-state index is 0.443. The summed E-state index contributed by atoms with van der Waals surface area (Å²) >= 11 is 1.87. The summed E-state index contributed by atoms with van der Waals surface area (Å²) in [6.07, 6.45) is 2.19. The molecule has 1 aliphatic rings. The second-order valence-corrected chi connectivity index (χ2v) is 5.89. The van der Waals surface area contributed by atoms with Crippen molar-refractivity contribution in [3.63, 3.8) is 0 Å². The molecule has 0 bridgehead atoms. The summed E-state index contributed by atoms with van der Waals surface area (Å²) in [6.45, 7) is 4.35. The summed E-state index contributed by atoms with van der Waals surface area (Å²) in [7, 11) is 0. The van der Waals surface area contributed by atoms with Crippen LogP contribution in [-0.4, -0.2) is 27.6 Å². The number of carboxylic acid groups (broad SMARTS) is 1. The molecule has 0 aromatic carbocycles. The predicted octanol–water partition coefficient (Wildman–Crippen LogP) is 1.71. The van der Waals surface area contributed by atoms with Crippen molar-refractivity contribution in [2.75, 3.05) is 5.75 Å². The number of hydrogen-bond acceptors (Lipinski definition) is 3. The molecule has 0 aromatic heterocycles. The third kappa shape index (κ3) is 2.89. The monoisotopic (exact) mass is 217 g/mol. The van der Waals surface area contributed by atoms with E-state index in [4.69, 9.17) is 10.8 Å². The molecular formula is C10H19NO2S. The molecule has 1 aliphatic carbocycles. The molecule has 1 rings (SSSR count). The van der Waals surface area contributed by atoms with Gasteiger partial charge >= 0.3 is 5.97 Å². The van der Waals surface area contributed by atoms with Gasteiger partial charge in [0.05, 0.1) is 0 Å². The Kier molecular flexibility index (Phi) is 3.84. The Morgan fingerprint density at radius 3 is 2.79 bits per heavy atom. The number of nitrogens with two attached hydrogens (primary N) is 1. The van der Waals surface area contributed by atoms with Crippen LogP contribution >= 0.6 is 11.8 Å². The standard InChI is InChI=1S/C10H19NO2S/c1-7(2)6-14-8-3-4-10(11,5-8)9(12)13/h7-8H,3-6,11H2,1-2H3,(H,12,13). The molecule has 3 N–H and O–H groups in total. The van der Waals surface area contributed by atoms with Crippen LogP contribution in [0.25, 0.3) is 0 Å². The van der Waals surface area contributed by atoms with E-state index in [1.165, 1.54) is 0 Å². The summed E-state index contributed by atoms with van der Waals surface area (Å²) in [5, 5.41) is 9.38. The second-order valence-electron chi connectivity index (χ2n) is 4.55. The first-order chi connectivity index (χ1) is 6.44. The SMILES string of the molecule is CC(C)CSC1CCC(N)(C(=O)O)C1. The lowest BCUT2D eigenvalue weighted by atomic mass is 10.0. The summed E-state index contributed by atoms with van der Waals surface area (Å²) in [5.74, 6) is 0.920. The minimum Gasteiger partial charge on any atom is -0.480 e. The van der Waals surface area contributed by atoms with Crippen molar-refractivity contribution < 1.29 is 9.90 Å². The zero-order valence-electron chi connectivity index (χ0n) is 8.82.